The second-order valence-electron chi connectivity index (χ2n) is 3.35. The normalized spacial score (nSPS) is 45.2. The first-order valence-corrected chi connectivity index (χ1v) is 4.67. The first-order valence-electron chi connectivity index (χ1n) is 3.59. The molecule has 0 aromatic heterocycles. The van der Waals surface area contributed by atoms with Crippen molar-refractivity contribution in [1.29, 1.82) is 0 Å². The summed E-state index contributed by atoms with van der Waals surface area (Å²) in [6.45, 7) is 1.14. The molecule has 10 heavy (non-hydrogen) atoms. The molecule has 1 saturated heterocycles. The van der Waals surface area contributed by atoms with E-state index in [-0.39, 0.29) is 6.04 Å². The number of halogens is 1. The SMILES string of the molecule is CN1C[C@@H]2C[C@@H]2[C@H]1C(=O)I. The second kappa shape index (κ2) is 2.17. The lowest BCUT2D eigenvalue weighted by Gasteiger charge is -2.18. The van der Waals surface area contributed by atoms with E-state index in [2.05, 4.69) is 4.90 Å². The van der Waals surface area contributed by atoms with Gasteiger partial charge < -0.3 is 0 Å². The fourth-order valence-electron chi connectivity index (χ4n) is 2.02. The van der Waals surface area contributed by atoms with Crippen molar-refractivity contribution >= 4 is 26.4 Å². The van der Waals surface area contributed by atoms with Gasteiger partial charge in [-0.05, 0) is 25.3 Å². The lowest BCUT2D eigenvalue weighted by atomic mass is 10.2. The molecule has 1 saturated carbocycles. The molecule has 0 aromatic rings. The van der Waals surface area contributed by atoms with Crippen LogP contribution in [0.3, 0.4) is 0 Å². The number of likely N-dealkylation sites (N-methyl/N-ethyl adjacent to an activating group) is 1. The minimum atomic E-state index is 0.255. The Morgan fingerprint density at radius 3 is 2.70 bits per heavy atom. The van der Waals surface area contributed by atoms with Gasteiger partial charge in [0, 0.05) is 29.1 Å². The fraction of sp³-hybridized carbons (Fsp3) is 0.857. The summed E-state index contributed by atoms with van der Waals surface area (Å²) in [5.41, 5.74) is 0. The van der Waals surface area contributed by atoms with Gasteiger partial charge >= 0.3 is 0 Å². The maximum atomic E-state index is 11.0. The minimum absolute atomic E-state index is 0.255. The zero-order valence-electron chi connectivity index (χ0n) is 5.88. The monoisotopic (exact) mass is 251 g/mol. The van der Waals surface area contributed by atoms with Gasteiger partial charge in [-0.25, -0.2) is 0 Å². The number of fused-ring (bicyclic) bond motifs is 1. The van der Waals surface area contributed by atoms with Crippen molar-refractivity contribution in [2.75, 3.05) is 13.6 Å². The molecule has 0 amide bonds. The predicted molar refractivity (Wildman–Crippen MR) is 47.0 cm³/mol. The molecular formula is C7H10INO. The maximum Gasteiger partial charge on any atom is 0.209 e. The third-order valence-corrected chi connectivity index (χ3v) is 3.25. The molecule has 0 bridgehead atoms. The van der Waals surface area contributed by atoms with E-state index in [1.165, 1.54) is 6.42 Å². The summed E-state index contributed by atoms with van der Waals surface area (Å²) < 4.78 is 0.324. The number of carbonyl (C=O) groups excluding carboxylic acids is 1. The molecule has 1 heterocycles. The summed E-state index contributed by atoms with van der Waals surface area (Å²) in [6.07, 6.45) is 1.30. The minimum Gasteiger partial charge on any atom is -0.295 e. The van der Waals surface area contributed by atoms with Crippen LogP contribution in [0.15, 0.2) is 0 Å². The number of hydrogen-bond donors (Lipinski definition) is 0. The maximum absolute atomic E-state index is 11.0. The molecule has 3 heteroatoms. The van der Waals surface area contributed by atoms with Gasteiger partial charge in [0.25, 0.3) is 0 Å². The van der Waals surface area contributed by atoms with Crippen LogP contribution in [0.25, 0.3) is 0 Å². The van der Waals surface area contributed by atoms with Crippen LogP contribution in [0.4, 0.5) is 0 Å². The quantitative estimate of drug-likeness (QED) is 0.509. The first-order chi connectivity index (χ1) is 4.70. The molecule has 2 aliphatic rings. The van der Waals surface area contributed by atoms with Crippen LogP contribution < -0.4 is 0 Å². The molecule has 2 fully saturated rings. The van der Waals surface area contributed by atoms with E-state index < -0.39 is 0 Å². The highest BCUT2D eigenvalue weighted by Crippen LogP contribution is 2.49. The van der Waals surface area contributed by atoms with Crippen LogP contribution in [0, 0.1) is 11.8 Å². The molecule has 0 spiro atoms. The Labute approximate surface area is 74.1 Å². The van der Waals surface area contributed by atoms with E-state index in [1.54, 1.807) is 0 Å². The largest absolute Gasteiger partial charge is 0.295 e. The Kier molecular flexibility index (Phi) is 1.53. The average molecular weight is 251 g/mol. The third-order valence-electron chi connectivity index (χ3n) is 2.61. The van der Waals surface area contributed by atoms with Crippen molar-refractivity contribution in [2.24, 2.45) is 11.8 Å². The summed E-state index contributed by atoms with van der Waals surface area (Å²) in [4.78, 5) is 13.2. The van der Waals surface area contributed by atoms with Gasteiger partial charge in [-0.2, -0.15) is 0 Å². The first kappa shape index (κ1) is 7.03. The van der Waals surface area contributed by atoms with Gasteiger partial charge in [0.15, 0.2) is 0 Å². The molecule has 56 valence electrons. The molecule has 3 atom stereocenters. The van der Waals surface area contributed by atoms with E-state index in [9.17, 15) is 4.79 Å². The van der Waals surface area contributed by atoms with Crippen molar-refractivity contribution in [1.82, 2.24) is 4.90 Å². The van der Waals surface area contributed by atoms with Gasteiger partial charge in [-0.15, -0.1) is 0 Å². The van der Waals surface area contributed by atoms with E-state index >= 15 is 0 Å². The summed E-state index contributed by atoms with van der Waals surface area (Å²) in [5, 5.41) is 0. The number of rotatable bonds is 1. The second-order valence-corrected chi connectivity index (χ2v) is 4.41. The van der Waals surface area contributed by atoms with Gasteiger partial charge in [-0.1, -0.05) is 0 Å². The highest BCUT2D eigenvalue weighted by Gasteiger charge is 2.53. The van der Waals surface area contributed by atoms with Crippen LogP contribution in [-0.4, -0.2) is 28.3 Å². The molecule has 1 aliphatic carbocycles. The molecule has 0 radical (unpaired) electrons. The number of nitrogens with zero attached hydrogens (tertiary/aromatic N) is 1. The standard InChI is InChI=1S/C7H10INO/c1-9-3-4-2-5(4)6(9)7(8)10/h4-6H,2-3H2,1H3/t4-,5-,6-/m0/s1. The lowest BCUT2D eigenvalue weighted by Crippen LogP contribution is -2.33. The van der Waals surface area contributed by atoms with Crippen LogP contribution in [-0.2, 0) is 4.79 Å². The summed E-state index contributed by atoms with van der Waals surface area (Å²) in [6, 6.07) is 0.255. The molecule has 2 nitrogen and oxygen atoms in total. The Bertz CT molecular complexity index is 180. The van der Waals surface area contributed by atoms with Gasteiger partial charge in [0.05, 0.1) is 6.04 Å². The van der Waals surface area contributed by atoms with Crippen LogP contribution >= 0.6 is 22.6 Å². The summed E-state index contributed by atoms with van der Waals surface area (Å²) in [5.74, 6) is 1.57. The zero-order valence-corrected chi connectivity index (χ0v) is 8.04. The molecular weight excluding hydrogens is 241 g/mol. The fourth-order valence-corrected chi connectivity index (χ4v) is 2.96. The smallest absolute Gasteiger partial charge is 0.209 e. The van der Waals surface area contributed by atoms with Crippen LogP contribution in [0.1, 0.15) is 6.42 Å². The van der Waals surface area contributed by atoms with Crippen molar-refractivity contribution in [2.45, 2.75) is 12.5 Å². The topological polar surface area (TPSA) is 20.3 Å². The van der Waals surface area contributed by atoms with Crippen molar-refractivity contribution in [3.63, 3.8) is 0 Å². The van der Waals surface area contributed by atoms with E-state index in [1.807, 2.05) is 29.6 Å². The number of carbonyl (C=O) groups is 1. The van der Waals surface area contributed by atoms with Gasteiger partial charge in [0.2, 0.25) is 3.79 Å². The summed E-state index contributed by atoms with van der Waals surface area (Å²) in [7, 11) is 2.05. The van der Waals surface area contributed by atoms with Crippen LogP contribution in [0.5, 0.6) is 0 Å². The molecule has 0 N–H and O–H groups in total. The zero-order chi connectivity index (χ0) is 7.30. The molecule has 1 aliphatic heterocycles. The molecule has 0 unspecified atom stereocenters. The Morgan fingerprint density at radius 1 is 1.70 bits per heavy atom. The van der Waals surface area contributed by atoms with Crippen LogP contribution in [0.2, 0.25) is 0 Å². The number of hydrogen-bond acceptors (Lipinski definition) is 2. The van der Waals surface area contributed by atoms with Gasteiger partial charge in [0.1, 0.15) is 0 Å². The lowest BCUT2D eigenvalue weighted by molar-refractivity contribution is -0.113. The van der Waals surface area contributed by atoms with E-state index in [0.717, 1.165) is 18.4 Å². The van der Waals surface area contributed by atoms with Gasteiger partial charge in [-0.3, -0.25) is 9.69 Å². The average Bonchev–Trinajstić information content (AvgIpc) is 2.42. The number of piperidine rings is 1. The Morgan fingerprint density at radius 2 is 2.40 bits per heavy atom. The third kappa shape index (κ3) is 0.906. The molecule has 0 aromatic carbocycles. The predicted octanol–water partition coefficient (Wildman–Crippen LogP) is 0.898. The summed E-state index contributed by atoms with van der Waals surface area (Å²) >= 11 is 1.92. The molecule has 2 rings (SSSR count). The van der Waals surface area contributed by atoms with Crippen molar-refractivity contribution < 1.29 is 4.79 Å². The highest BCUT2D eigenvalue weighted by molar-refractivity contribution is 14.1. The Hall–Kier alpha value is 0.360. The number of likely N-dealkylation sites (tertiary alicyclic amines) is 1. The van der Waals surface area contributed by atoms with Crippen molar-refractivity contribution in [3.8, 4) is 0 Å². The van der Waals surface area contributed by atoms with E-state index in [4.69, 9.17) is 0 Å². The highest BCUT2D eigenvalue weighted by atomic mass is 127. The van der Waals surface area contributed by atoms with E-state index in [0.29, 0.717) is 3.79 Å². The Balaban J connectivity index is 2.12. The van der Waals surface area contributed by atoms with Crippen molar-refractivity contribution in [3.05, 3.63) is 0 Å².